The lowest BCUT2D eigenvalue weighted by Gasteiger charge is -2.36. The molecule has 0 radical (unpaired) electrons. The summed E-state index contributed by atoms with van der Waals surface area (Å²) in [6.07, 6.45) is 1.68. The molecule has 7 heteroatoms. The molecule has 0 atom stereocenters. The Morgan fingerprint density at radius 3 is 2.57 bits per heavy atom. The summed E-state index contributed by atoms with van der Waals surface area (Å²) < 4.78 is 4.84. The van der Waals surface area contributed by atoms with E-state index in [2.05, 4.69) is 35.2 Å². The van der Waals surface area contributed by atoms with Gasteiger partial charge in [0, 0.05) is 53.0 Å². The summed E-state index contributed by atoms with van der Waals surface area (Å²) in [4.78, 5) is 20.7. The van der Waals surface area contributed by atoms with E-state index in [4.69, 9.17) is 10.00 Å². The Hall–Kier alpha value is -2.95. The number of rotatable bonds is 3. The van der Waals surface area contributed by atoms with E-state index >= 15 is 0 Å². The Bertz CT molecular complexity index is 1130. The van der Waals surface area contributed by atoms with Crippen molar-refractivity contribution in [3.05, 3.63) is 65.0 Å². The number of anilines is 1. The lowest BCUT2D eigenvalue weighted by Crippen LogP contribution is -2.48. The Kier molecular flexibility index (Phi) is 5.11. The number of carbonyl (C=O) groups is 1. The number of amides is 1. The second-order valence-electron chi connectivity index (χ2n) is 7.22. The van der Waals surface area contributed by atoms with E-state index in [-0.39, 0.29) is 5.91 Å². The zero-order chi connectivity index (χ0) is 20.5. The van der Waals surface area contributed by atoms with Crippen molar-refractivity contribution < 1.29 is 9.53 Å². The molecule has 0 saturated carbocycles. The molecule has 1 fully saturated rings. The van der Waals surface area contributed by atoms with Crippen molar-refractivity contribution in [1.29, 1.82) is 5.26 Å². The minimum atomic E-state index is 0.134. The van der Waals surface area contributed by atoms with Crippen molar-refractivity contribution in [2.24, 2.45) is 0 Å². The molecule has 3 heterocycles. The first-order valence-electron chi connectivity index (χ1n) is 9.78. The van der Waals surface area contributed by atoms with Crippen LogP contribution in [-0.2, 0) is 5.75 Å². The van der Waals surface area contributed by atoms with Crippen molar-refractivity contribution >= 4 is 34.7 Å². The first-order valence-corrected chi connectivity index (χ1v) is 11.6. The fourth-order valence-corrected chi connectivity index (χ4v) is 6.29. The second-order valence-corrected chi connectivity index (χ2v) is 9.29. The molecule has 1 amide bonds. The number of nitriles is 1. The fraction of sp³-hybridized carbons (Fsp3) is 0.217. The Morgan fingerprint density at radius 2 is 1.80 bits per heavy atom. The molecule has 2 aliphatic rings. The standard InChI is InChI=1S/C23H19N3O2S2/c24-15-28-18-7-5-17(6-8-18)25-9-11-26(12-10-25)23(27)21-13-16-14-29-20-4-2-1-3-19(20)22(16)30-21/h1-8,13H,9-12,14H2. The van der Waals surface area contributed by atoms with Gasteiger partial charge >= 0.3 is 0 Å². The Labute approximate surface area is 183 Å². The summed E-state index contributed by atoms with van der Waals surface area (Å²) in [5, 5.41) is 8.59. The topological polar surface area (TPSA) is 56.6 Å². The molecule has 0 N–H and O–H groups in total. The summed E-state index contributed by atoms with van der Waals surface area (Å²) >= 11 is 3.47. The van der Waals surface area contributed by atoms with Crippen molar-refractivity contribution in [1.82, 2.24) is 4.90 Å². The highest BCUT2D eigenvalue weighted by molar-refractivity contribution is 7.98. The molecule has 2 aliphatic heterocycles. The Balaban J connectivity index is 1.27. The predicted molar refractivity (Wildman–Crippen MR) is 120 cm³/mol. The molecule has 0 bridgehead atoms. The molecule has 5 nitrogen and oxygen atoms in total. The minimum absolute atomic E-state index is 0.134. The average Bonchev–Trinajstić information content (AvgIpc) is 3.24. The van der Waals surface area contributed by atoms with Gasteiger partial charge in [-0.2, -0.15) is 0 Å². The van der Waals surface area contributed by atoms with Crippen LogP contribution in [0, 0.1) is 11.5 Å². The molecule has 5 rings (SSSR count). The summed E-state index contributed by atoms with van der Waals surface area (Å²) in [6.45, 7) is 2.97. The van der Waals surface area contributed by atoms with Crippen LogP contribution in [0.3, 0.4) is 0 Å². The highest BCUT2D eigenvalue weighted by Gasteiger charge is 2.26. The molecule has 1 aromatic heterocycles. The molecule has 0 unspecified atom stereocenters. The van der Waals surface area contributed by atoms with Crippen LogP contribution in [-0.4, -0.2) is 37.0 Å². The molecular formula is C23H19N3O2S2. The van der Waals surface area contributed by atoms with Crippen molar-refractivity contribution in [2.75, 3.05) is 31.1 Å². The van der Waals surface area contributed by atoms with Crippen LogP contribution in [0.1, 0.15) is 15.2 Å². The molecule has 0 aliphatic carbocycles. The average molecular weight is 434 g/mol. The first-order chi connectivity index (χ1) is 14.7. The van der Waals surface area contributed by atoms with Crippen LogP contribution < -0.4 is 9.64 Å². The zero-order valence-corrected chi connectivity index (χ0v) is 17.8. The van der Waals surface area contributed by atoms with E-state index in [9.17, 15) is 4.79 Å². The number of hydrogen-bond donors (Lipinski definition) is 0. The normalized spacial score (nSPS) is 15.2. The highest BCUT2D eigenvalue weighted by Crippen LogP contribution is 2.45. The van der Waals surface area contributed by atoms with Crippen LogP contribution in [0.5, 0.6) is 5.75 Å². The molecule has 3 aromatic rings. The number of carbonyl (C=O) groups excluding carboxylic acids is 1. The van der Waals surface area contributed by atoms with Gasteiger partial charge in [-0.25, -0.2) is 0 Å². The van der Waals surface area contributed by atoms with E-state index in [1.807, 2.05) is 28.8 Å². The van der Waals surface area contributed by atoms with Gasteiger partial charge in [-0.1, -0.05) is 18.2 Å². The van der Waals surface area contributed by atoms with Gasteiger partial charge in [0.1, 0.15) is 5.75 Å². The van der Waals surface area contributed by atoms with Gasteiger partial charge in [0.2, 0.25) is 0 Å². The number of piperazine rings is 1. The van der Waals surface area contributed by atoms with E-state index in [1.165, 1.54) is 20.9 Å². The smallest absolute Gasteiger partial charge is 0.292 e. The van der Waals surface area contributed by atoms with Gasteiger partial charge in [-0.05, 0) is 42.0 Å². The molecule has 30 heavy (non-hydrogen) atoms. The van der Waals surface area contributed by atoms with Gasteiger partial charge in [0.15, 0.2) is 0 Å². The van der Waals surface area contributed by atoms with Gasteiger partial charge in [0.25, 0.3) is 12.2 Å². The number of fused-ring (bicyclic) bond motifs is 3. The first kappa shape index (κ1) is 19.0. The summed E-state index contributed by atoms with van der Waals surface area (Å²) in [6, 6.07) is 18.0. The third kappa shape index (κ3) is 3.53. The van der Waals surface area contributed by atoms with Gasteiger partial charge in [-0.15, -0.1) is 28.4 Å². The number of thiophene rings is 1. The number of hydrogen-bond acceptors (Lipinski definition) is 6. The molecular weight excluding hydrogens is 414 g/mol. The van der Waals surface area contributed by atoms with Gasteiger partial charge in [0.05, 0.1) is 4.88 Å². The van der Waals surface area contributed by atoms with E-state index in [0.717, 1.165) is 29.4 Å². The second kappa shape index (κ2) is 8.05. The number of benzene rings is 2. The van der Waals surface area contributed by atoms with Crippen LogP contribution in [0.2, 0.25) is 0 Å². The SMILES string of the molecule is N#COc1ccc(N2CCN(C(=O)c3cc4c(s3)-c3ccccc3SC4)CC2)cc1. The summed E-state index contributed by atoms with van der Waals surface area (Å²) in [7, 11) is 0. The van der Waals surface area contributed by atoms with E-state index in [0.29, 0.717) is 18.8 Å². The maximum Gasteiger partial charge on any atom is 0.292 e. The lowest BCUT2D eigenvalue weighted by molar-refractivity contribution is 0.0751. The molecule has 1 saturated heterocycles. The largest absolute Gasteiger partial charge is 0.388 e. The molecule has 2 aromatic carbocycles. The van der Waals surface area contributed by atoms with Crippen LogP contribution in [0.15, 0.2) is 59.5 Å². The third-order valence-electron chi connectivity index (χ3n) is 5.47. The van der Waals surface area contributed by atoms with E-state index in [1.54, 1.807) is 29.7 Å². The maximum atomic E-state index is 13.2. The van der Waals surface area contributed by atoms with Crippen LogP contribution in [0.25, 0.3) is 10.4 Å². The number of nitrogens with zero attached hydrogens (tertiary/aromatic N) is 3. The highest BCUT2D eigenvalue weighted by atomic mass is 32.2. The molecule has 150 valence electrons. The fourth-order valence-electron chi connectivity index (χ4n) is 3.91. The van der Waals surface area contributed by atoms with Crippen LogP contribution >= 0.6 is 23.1 Å². The van der Waals surface area contributed by atoms with Crippen molar-refractivity contribution in [2.45, 2.75) is 10.6 Å². The molecule has 0 spiro atoms. The Morgan fingerprint density at radius 1 is 1.03 bits per heavy atom. The van der Waals surface area contributed by atoms with Crippen LogP contribution in [0.4, 0.5) is 5.69 Å². The van der Waals surface area contributed by atoms with Crippen molar-refractivity contribution in [3.8, 4) is 22.4 Å². The number of ether oxygens (including phenoxy) is 1. The quantitative estimate of drug-likeness (QED) is 0.553. The van der Waals surface area contributed by atoms with Crippen molar-refractivity contribution in [3.63, 3.8) is 0 Å². The maximum absolute atomic E-state index is 13.2. The third-order valence-corrected chi connectivity index (χ3v) is 7.79. The zero-order valence-electron chi connectivity index (χ0n) is 16.2. The lowest BCUT2D eigenvalue weighted by atomic mass is 10.1. The minimum Gasteiger partial charge on any atom is -0.388 e. The summed E-state index contributed by atoms with van der Waals surface area (Å²) in [5.41, 5.74) is 3.60. The van der Waals surface area contributed by atoms with Gasteiger partial charge in [-0.3, -0.25) is 4.79 Å². The van der Waals surface area contributed by atoms with E-state index < -0.39 is 0 Å². The monoisotopic (exact) mass is 433 g/mol. The predicted octanol–water partition coefficient (Wildman–Crippen LogP) is 4.84. The number of thioether (sulfide) groups is 1. The summed E-state index contributed by atoms with van der Waals surface area (Å²) in [5.74, 6) is 1.60. The van der Waals surface area contributed by atoms with Gasteiger partial charge < -0.3 is 14.5 Å².